The molecule has 25 heavy (non-hydrogen) atoms. The zero-order chi connectivity index (χ0) is 18.4. The molecule has 0 saturated heterocycles. The maximum Gasteiger partial charge on any atom is 0.340 e. The van der Waals surface area contributed by atoms with Crippen molar-refractivity contribution in [3.63, 3.8) is 0 Å². The normalized spacial score (nSPS) is 19.8. The number of hydrogen-bond donors (Lipinski definition) is 2. The fraction of sp³-hybridized carbons (Fsp3) is 0.471. The van der Waals surface area contributed by atoms with Gasteiger partial charge in [0.25, 0.3) is 5.91 Å². The van der Waals surface area contributed by atoms with Crippen molar-refractivity contribution in [2.45, 2.75) is 38.6 Å². The Labute approximate surface area is 156 Å². The van der Waals surface area contributed by atoms with E-state index in [0.717, 1.165) is 25.7 Å². The first-order valence-electron chi connectivity index (χ1n) is 8.10. The molecule has 2 atom stereocenters. The van der Waals surface area contributed by atoms with Gasteiger partial charge >= 0.3 is 12.0 Å². The summed E-state index contributed by atoms with van der Waals surface area (Å²) in [4.78, 5) is 35.5. The highest BCUT2D eigenvalue weighted by Crippen LogP contribution is 2.26. The van der Waals surface area contributed by atoms with Gasteiger partial charge < -0.3 is 10.1 Å². The molecule has 0 aliphatic heterocycles. The van der Waals surface area contributed by atoms with Crippen LogP contribution in [-0.2, 0) is 9.53 Å². The standard InChI is InChI=1S/C17H20Cl2N2O4/c1-10-5-2-3-8-13(10)20-17(24)21-14(22)9-25-16(23)11-6-4-7-12(18)15(11)19/h4,6-7,10,13H,2-3,5,8-9H2,1H3,(H2,20,21,22,24)/t10-,13+/m1/s1. The third-order valence-corrected chi connectivity index (χ3v) is 5.01. The molecular formula is C17H20Cl2N2O4. The maximum atomic E-state index is 11.9. The van der Waals surface area contributed by atoms with Gasteiger partial charge in [-0.3, -0.25) is 10.1 Å². The van der Waals surface area contributed by atoms with Crippen LogP contribution in [0.4, 0.5) is 4.79 Å². The Balaban J connectivity index is 1.79. The molecule has 0 unspecified atom stereocenters. The summed E-state index contributed by atoms with van der Waals surface area (Å²) in [7, 11) is 0. The van der Waals surface area contributed by atoms with E-state index in [2.05, 4.69) is 17.6 Å². The molecule has 1 aliphatic rings. The van der Waals surface area contributed by atoms with Crippen LogP contribution in [0.3, 0.4) is 0 Å². The number of amides is 3. The Hall–Kier alpha value is -1.79. The molecule has 8 heteroatoms. The molecule has 1 fully saturated rings. The second-order valence-electron chi connectivity index (χ2n) is 6.07. The summed E-state index contributed by atoms with van der Waals surface area (Å²) < 4.78 is 4.86. The van der Waals surface area contributed by atoms with Gasteiger partial charge in [0.15, 0.2) is 6.61 Å². The smallest absolute Gasteiger partial charge is 0.340 e. The van der Waals surface area contributed by atoms with Crippen molar-refractivity contribution >= 4 is 41.1 Å². The lowest BCUT2D eigenvalue weighted by molar-refractivity contribution is -0.123. The van der Waals surface area contributed by atoms with Gasteiger partial charge in [-0.2, -0.15) is 0 Å². The fourth-order valence-corrected chi connectivity index (χ4v) is 3.15. The van der Waals surface area contributed by atoms with E-state index < -0.39 is 24.5 Å². The Bertz CT molecular complexity index is 666. The molecule has 1 saturated carbocycles. The Kier molecular flexibility index (Phi) is 7.08. The second-order valence-corrected chi connectivity index (χ2v) is 6.85. The van der Waals surface area contributed by atoms with Crippen molar-refractivity contribution in [1.29, 1.82) is 0 Å². The van der Waals surface area contributed by atoms with Crippen LogP contribution in [-0.4, -0.2) is 30.6 Å². The summed E-state index contributed by atoms with van der Waals surface area (Å²) >= 11 is 11.7. The highest BCUT2D eigenvalue weighted by molar-refractivity contribution is 6.43. The minimum atomic E-state index is -0.788. The van der Waals surface area contributed by atoms with E-state index in [-0.39, 0.29) is 21.7 Å². The molecule has 2 N–H and O–H groups in total. The van der Waals surface area contributed by atoms with Crippen molar-refractivity contribution in [2.24, 2.45) is 5.92 Å². The van der Waals surface area contributed by atoms with Crippen LogP contribution in [0, 0.1) is 5.92 Å². The number of nitrogens with one attached hydrogen (secondary N) is 2. The molecule has 0 heterocycles. The third-order valence-electron chi connectivity index (χ3n) is 4.19. The van der Waals surface area contributed by atoms with Crippen LogP contribution >= 0.6 is 23.2 Å². The molecule has 0 radical (unpaired) electrons. The van der Waals surface area contributed by atoms with Gasteiger partial charge in [-0.15, -0.1) is 0 Å². The number of carbonyl (C=O) groups excluding carboxylic acids is 3. The summed E-state index contributed by atoms with van der Waals surface area (Å²) in [6.45, 7) is 1.48. The van der Waals surface area contributed by atoms with Crippen molar-refractivity contribution in [2.75, 3.05) is 6.61 Å². The summed E-state index contributed by atoms with van der Waals surface area (Å²) in [5.41, 5.74) is 0.0578. The number of ether oxygens (including phenoxy) is 1. The maximum absolute atomic E-state index is 11.9. The highest BCUT2D eigenvalue weighted by Gasteiger charge is 2.23. The van der Waals surface area contributed by atoms with E-state index in [1.54, 1.807) is 6.07 Å². The van der Waals surface area contributed by atoms with E-state index >= 15 is 0 Å². The minimum Gasteiger partial charge on any atom is -0.452 e. The molecule has 3 amide bonds. The van der Waals surface area contributed by atoms with Crippen molar-refractivity contribution in [1.82, 2.24) is 10.6 Å². The molecule has 136 valence electrons. The largest absolute Gasteiger partial charge is 0.452 e. The molecule has 2 rings (SSSR count). The van der Waals surface area contributed by atoms with Crippen LogP contribution in [0.25, 0.3) is 0 Å². The molecule has 0 spiro atoms. The molecule has 1 aromatic carbocycles. The van der Waals surface area contributed by atoms with Crippen molar-refractivity contribution < 1.29 is 19.1 Å². The lowest BCUT2D eigenvalue weighted by Crippen LogP contribution is -2.48. The van der Waals surface area contributed by atoms with Gasteiger partial charge in [0.1, 0.15) is 0 Å². The van der Waals surface area contributed by atoms with Crippen LogP contribution in [0.15, 0.2) is 18.2 Å². The molecule has 1 aromatic rings. The zero-order valence-corrected chi connectivity index (χ0v) is 15.3. The minimum absolute atomic E-state index is 0.0503. The number of halogens is 2. The predicted molar refractivity (Wildman–Crippen MR) is 94.8 cm³/mol. The van der Waals surface area contributed by atoms with Gasteiger partial charge in [0, 0.05) is 6.04 Å². The van der Waals surface area contributed by atoms with Gasteiger partial charge in [-0.25, -0.2) is 9.59 Å². The first-order valence-corrected chi connectivity index (χ1v) is 8.85. The summed E-state index contributed by atoms with van der Waals surface area (Å²) in [6, 6.07) is 3.98. The summed E-state index contributed by atoms with van der Waals surface area (Å²) in [6.07, 6.45) is 4.16. The number of imide groups is 1. The van der Waals surface area contributed by atoms with Gasteiger partial charge in [-0.1, -0.05) is 49.0 Å². The van der Waals surface area contributed by atoms with Crippen LogP contribution in [0.1, 0.15) is 43.0 Å². The third kappa shape index (κ3) is 5.61. The van der Waals surface area contributed by atoms with Crippen molar-refractivity contribution in [3.05, 3.63) is 33.8 Å². The SMILES string of the molecule is C[C@@H]1CCCC[C@@H]1NC(=O)NC(=O)COC(=O)c1cccc(Cl)c1Cl. The number of esters is 1. The van der Waals surface area contributed by atoms with E-state index in [0.29, 0.717) is 5.92 Å². The highest BCUT2D eigenvalue weighted by atomic mass is 35.5. The van der Waals surface area contributed by atoms with E-state index in [1.807, 2.05) is 0 Å². The van der Waals surface area contributed by atoms with E-state index in [9.17, 15) is 14.4 Å². The number of urea groups is 1. The lowest BCUT2D eigenvalue weighted by Gasteiger charge is -2.29. The lowest BCUT2D eigenvalue weighted by atomic mass is 9.86. The topological polar surface area (TPSA) is 84.5 Å². The van der Waals surface area contributed by atoms with Crippen LogP contribution in [0.2, 0.25) is 10.0 Å². The average molecular weight is 387 g/mol. The van der Waals surface area contributed by atoms with Gasteiger partial charge in [0.2, 0.25) is 0 Å². The van der Waals surface area contributed by atoms with Crippen LogP contribution < -0.4 is 10.6 Å². The first kappa shape index (κ1) is 19.5. The Morgan fingerprint density at radius 3 is 2.64 bits per heavy atom. The van der Waals surface area contributed by atoms with Gasteiger partial charge in [-0.05, 0) is 30.9 Å². The Morgan fingerprint density at radius 2 is 1.92 bits per heavy atom. The molecule has 0 aromatic heterocycles. The predicted octanol–water partition coefficient (Wildman–Crippen LogP) is 3.55. The van der Waals surface area contributed by atoms with E-state index in [1.165, 1.54) is 12.1 Å². The monoisotopic (exact) mass is 386 g/mol. The van der Waals surface area contributed by atoms with Crippen LogP contribution in [0.5, 0.6) is 0 Å². The molecule has 1 aliphatic carbocycles. The number of rotatable bonds is 4. The quantitative estimate of drug-likeness (QED) is 0.774. The molecule has 6 nitrogen and oxygen atoms in total. The summed E-state index contributed by atoms with van der Waals surface area (Å²) in [5.74, 6) is -1.13. The Morgan fingerprint density at radius 1 is 1.20 bits per heavy atom. The number of benzene rings is 1. The van der Waals surface area contributed by atoms with Crippen molar-refractivity contribution in [3.8, 4) is 0 Å². The second kappa shape index (κ2) is 9.06. The van der Waals surface area contributed by atoms with E-state index in [4.69, 9.17) is 27.9 Å². The fourth-order valence-electron chi connectivity index (χ4n) is 2.77. The summed E-state index contributed by atoms with van der Waals surface area (Å²) in [5, 5.41) is 5.20. The number of hydrogen-bond acceptors (Lipinski definition) is 4. The average Bonchev–Trinajstić information content (AvgIpc) is 2.57. The zero-order valence-electron chi connectivity index (χ0n) is 13.8. The molecular weight excluding hydrogens is 367 g/mol. The first-order chi connectivity index (χ1) is 11.9. The van der Waals surface area contributed by atoms with Gasteiger partial charge in [0.05, 0.1) is 15.6 Å². The number of carbonyl (C=O) groups is 3. The molecule has 0 bridgehead atoms.